The Balaban J connectivity index is 1.72. The summed E-state index contributed by atoms with van der Waals surface area (Å²) in [5.41, 5.74) is 2.27. The van der Waals surface area contributed by atoms with Crippen LogP contribution in [-0.4, -0.2) is 32.6 Å². The normalized spacial score (nSPS) is 14.8. The molecule has 0 fully saturated rings. The van der Waals surface area contributed by atoms with Gasteiger partial charge >= 0.3 is 0 Å². The van der Waals surface area contributed by atoms with Gasteiger partial charge in [0.2, 0.25) is 15.9 Å². The molecule has 7 nitrogen and oxygen atoms in total. The standard InChI is InChI=1S/C16H19N3O4S/c1-11-16(12(2)23-18-11)24(21,22)17-9-10-19-14-6-4-3-5-13(14)7-8-15(19)20/h3-6,17H,7-10H2,1-2H3. The Hall–Kier alpha value is -2.19. The zero-order valence-corrected chi connectivity index (χ0v) is 14.4. The topological polar surface area (TPSA) is 92.5 Å². The Kier molecular flexibility index (Phi) is 4.42. The van der Waals surface area contributed by atoms with Crippen molar-refractivity contribution < 1.29 is 17.7 Å². The van der Waals surface area contributed by atoms with Crippen molar-refractivity contribution in [3.8, 4) is 0 Å². The average Bonchev–Trinajstić information content (AvgIpc) is 2.89. The van der Waals surface area contributed by atoms with Gasteiger partial charge in [0.05, 0.1) is 0 Å². The summed E-state index contributed by atoms with van der Waals surface area (Å²) < 4.78 is 32.2. The molecule has 0 spiro atoms. The van der Waals surface area contributed by atoms with Crippen molar-refractivity contribution >= 4 is 21.6 Å². The van der Waals surface area contributed by atoms with E-state index in [1.807, 2.05) is 24.3 Å². The zero-order chi connectivity index (χ0) is 17.3. The maximum Gasteiger partial charge on any atom is 0.246 e. The molecule has 1 aromatic carbocycles. The molecule has 128 valence electrons. The Bertz CT molecular complexity index is 854. The number of carbonyl (C=O) groups excluding carboxylic acids is 1. The minimum Gasteiger partial charge on any atom is -0.360 e. The van der Waals surface area contributed by atoms with Gasteiger partial charge in [0.25, 0.3) is 0 Å². The lowest BCUT2D eigenvalue weighted by atomic mass is 10.0. The highest BCUT2D eigenvalue weighted by molar-refractivity contribution is 7.89. The number of aryl methyl sites for hydroxylation is 3. The third-order valence-electron chi connectivity index (χ3n) is 4.06. The number of para-hydroxylation sites is 1. The molecule has 0 atom stereocenters. The molecule has 1 amide bonds. The van der Waals surface area contributed by atoms with Crippen LogP contribution >= 0.6 is 0 Å². The lowest BCUT2D eigenvalue weighted by molar-refractivity contribution is -0.118. The molecule has 2 aromatic rings. The average molecular weight is 349 g/mol. The predicted octanol–water partition coefficient (Wildman–Crippen LogP) is 1.55. The van der Waals surface area contributed by atoms with Crippen LogP contribution in [0, 0.1) is 13.8 Å². The molecular weight excluding hydrogens is 330 g/mol. The number of nitrogens with zero attached hydrogens (tertiary/aromatic N) is 2. The van der Waals surface area contributed by atoms with E-state index in [0.29, 0.717) is 12.1 Å². The van der Waals surface area contributed by atoms with Crippen LogP contribution in [-0.2, 0) is 21.2 Å². The minimum absolute atomic E-state index is 0.00485. The Morgan fingerprint density at radius 3 is 2.71 bits per heavy atom. The van der Waals surface area contributed by atoms with Crippen LogP contribution in [0.5, 0.6) is 0 Å². The van der Waals surface area contributed by atoms with Crippen molar-refractivity contribution in [3.63, 3.8) is 0 Å². The summed E-state index contributed by atoms with van der Waals surface area (Å²) in [5.74, 6) is 0.254. The number of nitrogens with one attached hydrogen (secondary N) is 1. The van der Waals surface area contributed by atoms with E-state index in [-0.39, 0.29) is 29.7 Å². The molecule has 1 aliphatic heterocycles. The molecule has 1 aromatic heterocycles. The number of hydrogen-bond donors (Lipinski definition) is 1. The second kappa shape index (κ2) is 6.37. The van der Waals surface area contributed by atoms with Crippen molar-refractivity contribution in [2.45, 2.75) is 31.6 Å². The third kappa shape index (κ3) is 3.07. The fraction of sp³-hybridized carbons (Fsp3) is 0.375. The monoisotopic (exact) mass is 349 g/mol. The largest absolute Gasteiger partial charge is 0.360 e. The van der Waals surface area contributed by atoms with Gasteiger partial charge in [0.1, 0.15) is 10.6 Å². The molecule has 1 N–H and O–H groups in total. The molecular formula is C16H19N3O4S. The smallest absolute Gasteiger partial charge is 0.246 e. The molecule has 3 rings (SSSR count). The molecule has 1 aliphatic rings. The van der Waals surface area contributed by atoms with E-state index in [0.717, 1.165) is 17.7 Å². The molecule has 0 bridgehead atoms. The van der Waals surface area contributed by atoms with Gasteiger partial charge in [-0.15, -0.1) is 0 Å². The van der Waals surface area contributed by atoms with E-state index in [1.54, 1.807) is 18.7 Å². The van der Waals surface area contributed by atoms with Crippen LogP contribution in [0.15, 0.2) is 33.7 Å². The van der Waals surface area contributed by atoms with E-state index >= 15 is 0 Å². The lowest BCUT2D eigenvalue weighted by Crippen LogP contribution is -2.41. The highest BCUT2D eigenvalue weighted by atomic mass is 32.2. The third-order valence-corrected chi connectivity index (χ3v) is 5.76. The second-order valence-electron chi connectivity index (χ2n) is 5.73. The van der Waals surface area contributed by atoms with Crippen LogP contribution in [0.4, 0.5) is 5.69 Å². The first-order chi connectivity index (χ1) is 11.4. The van der Waals surface area contributed by atoms with Crippen molar-refractivity contribution in [1.29, 1.82) is 0 Å². The second-order valence-corrected chi connectivity index (χ2v) is 7.43. The Morgan fingerprint density at radius 2 is 2.00 bits per heavy atom. The van der Waals surface area contributed by atoms with Crippen molar-refractivity contribution in [2.24, 2.45) is 0 Å². The fourth-order valence-electron chi connectivity index (χ4n) is 2.96. The first-order valence-electron chi connectivity index (χ1n) is 7.71. The quantitative estimate of drug-likeness (QED) is 0.884. The summed E-state index contributed by atoms with van der Waals surface area (Å²) in [5, 5.41) is 3.66. The number of fused-ring (bicyclic) bond motifs is 1. The van der Waals surface area contributed by atoms with Gasteiger partial charge in [-0.05, 0) is 31.9 Å². The van der Waals surface area contributed by atoms with E-state index in [2.05, 4.69) is 9.88 Å². The van der Waals surface area contributed by atoms with E-state index < -0.39 is 10.0 Å². The summed E-state index contributed by atoms with van der Waals surface area (Å²) in [4.78, 5) is 13.9. The lowest BCUT2D eigenvalue weighted by Gasteiger charge is -2.29. The number of benzene rings is 1. The molecule has 0 aliphatic carbocycles. The number of hydrogen-bond acceptors (Lipinski definition) is 5. The number of aromatic nitrogens is 1. The highest BCUT2D eigenvalue weighted by Gasteiger charge is 2.26. The van der Waals surface area contributed by atoms with Crippen molar-refractivity contribution in [1.82, 2.24) is 9.88 Å². The van der Waals surface area contributed by atoms with Crippen molar-refractivity contribution in [3.05, 3.63) is 41.3 Å². The van der Waals surface area contributed by atoms with Crippen LogP contribution in [0.2, 0.25) is 0 Å². The molecule has 0 saturated carbocycles. The summed E-state index contributed by atoms with van der Waals surface area (Å²) >= 11 is 0. The summed E-state index contributed by atoms with van der Waals surface area (Å²) in [6.07, 6.45) is 1.16. The Labute approximate surface area is 140 Å². The molecule has 0 radical (unpaired) electrons. The van der Waals surface area contributed by atoms with Crippen LogP contribution < -0.4 is 9.62 Å². The van der Waals surface area contributed by atoms with Crippen molar-refractivity contribution in [2.75, 3.05) is 18.0 Å². The highest BCUT2D eigenvalue weighted by Crippen LogP contribution is 2.27. The fourth-order valence-corrected chi connectivity index (χ4v) is 4.31. The van der Waals surface area contributed by atoms with Gasteiger partial charge < -0.3 is 9.42 Å². The summed E-state index contributed by atoms with van der Waals surface area (Å²) in [6, 6.07) is 7.68. The molecule has 8 heteroatoms. The number of carbonyl (C=O) groups is 1. The summed E-state index contributed by atoms with van der Waals surface area (Å²) in [6.45, 7) is 3.53. The van der Waals surface area contributed by atoms with Gasteiger partial charge in [0, 0.05) is 25.2 Å². The predicted molar refractivity (Wildman–Crippen MR) is 88.3 cm³/mol. The maximum absolute atomic E-state index is 12.4. The van der Waals surface area contributed by atoms with E-state index in [9.17, 15) is 13.2 Å². The molecule has 0 saturated heterocycles. The SMILES string of the molecule is Cc1noc(C)c1S(=O)(=O)NCCN1C(=O)CCc2ccccc21. The first-order valence-corrected chi connectivity index (χ1v) is 9.19. The number of amides is 1. The van der Waals surface area contributed by atoms with Gasteiger partial charge in [-0.2, -0.15) is 0 Å². The summed E-state index contributed by atoms with van der Waals surface area (Å²) in [7, 11) is -3.72. The molecule has 0 unspecified atom stereocenters. The minimum atomic E-state index is -3.72. The van der Waals surface area contributed by atoms with Gasteiger partial charge in [-0.1, -0.05) is 23.4 Å². The maximum atomic E-state index is 12.4. The number of anilines is 1. The van der Waals surface area contributed by atoms with Gasteiger partial charge in [-0.25, -0.2) is 13.1 Å². The van der Waals surface area contributed by atoms with Gasteiger partial charge in [-0.3, -0.25) is 4.79 Å². The van der Waals surface area contributed by atoms with Crippen LogP contribution in [0.3, 0.4) is 0 Å². The molecule has 24 heavy (non-hydrogen) atoms. The molecule has 2 heterocycles. The number of sulfonamides is 1. The Morgan fingerprint density at radius 1 is 1.25 bits per heavy atom. The zero-order valence-electron chi connectivity index (χ0n) is 13.6. The van der Waals surface area contributed by atoms with Crippen LogP contribution in [0.1, 0.15) is 23.4 Å². The van der Waals surface area contributed by atoms with E-state index in [1.165, 1.54) is 0 Å². The van der Waals surface area contributed by atoms with E-state index in [4.69, 9.17) is 4.52 Å². The van der Waals surface area contributed by atoms with Gasteiger partial charge in [0.15, 0.2) is 5.76 Å². The van der Waals surface area contributed by atoms with Crippen LogP contribution in [0.25, 0.3) is 0 Å². The number of rotatable bonds is 5. The first kappa shape index (κ1) is 16.7.